The molecule has 0 heterocycles. The Balaban J connectivity index is 0. The zero-order chi connectivity index (χ0) is 4.00. The fourth-order valence-corrected chi connectivity index (χ4v) is 0. The molecular formula is HO2PV. The van der Waals surface area contributed by atoms with E-state index in [1.807, 2.05) is 0 Å². The summed E-state index contributed by atoms with van der Waals surface area (Å²) in [4.78, 5) is 0. The molecule has 0 aliphatic heterocycles. The van der Waals surface area contributed by atoms with E-state index < -0.39 is 0 Å². The molecule has 0 N–H and O–H groups in total. The third kappa shape index (κ3) is 23.3. The molecule has 0 saturated heterocycles. The maximum atomic E-state index is 8.19. The molecule has 0 radical (unpaired) electrons. The van der Waals surface area contributed by atoms with Crippen molar-refractivity contribution in [3.05, 3.63) is 0 Å². The summed E-state index contributed by atoms with van der Waals surface area (Å²) >= 11 is 1.06. The van der Waals surface area contributed by atoms with E-state index in [0.717, 1.165) is 17.4 Å². The van der Waals surface area contributed by atoms with Crippen molar-refractivity contribution in [2.45, 2.75) is 0 Å². The van der Waals surface area contributed by atoms with Crippen LogP contribution in [0.2, 0.25) is 0 Å². The second kappa shape index (κ2) is 91.7. The van der Waals surface area contributed by atoms with Crippen LogP contribution < -0.4 is 0 Å². The third-order valence-corrected chi connectivity index (χ3v) is 0. The molecule has 0 aromatic heterocycles. The van der Waals surface area contributed by atoms with E-state index >= 15 is 0 Å². The predicted molar refractivity (Wildman–Crippen MR) is 9.69 cm³/mol. The first-order chi connectivity index (χ1) is 2.00. The van der Waals surface area contributed by atoms with Gasteiger partial charge in [-0.2, -0.15) is 0 Å². The molecular weight excluding hydrogens is 114 g/mol. The summed E-state index contributed by atoms with van der Waals surface area (Å²) in [6.45, 7) is 0. The van der Waals surface area contributed by atoms with E-state index in [9.17, 15) is 0 Å². The molecule has 0 aromatic rings. The van der Waals surface area contributed by atoms with Crippen LogP contribution in [0.5, 0.6) is 0 Å². The standard InChI is InChI=1S/HOP.O.V/c1-2;;/h2H;;. The molecule has 0 bridgehead atoms. The van der Waals surface area contributed by atoms with Gasteiger partial charge in [0.2, 0.25) is 0 Å². The summed E-state index contributed by atoms with van der Waals surface area (Å²) in [5.74, 6) is 0. The van der Waals surface area contributed by atoms with Gasteiger partial charge in [0.15, 0.2) is 0 Å². The summed E-state index contributed by atoms with van der Waals surface area (Å²) in [6, 6.07) is 0. The zero-order valence-corrected chi connectivity index (χ0v) is 4.16. The summed E-state index contributed by atoms with van der Waals surface area (Å²) in [5, 5.41) is 0. The van der Waals surface area contributed by atoms with E-state index in [1.54, 1.807) is 9.12 Å². The van der Waals surface area contributed by atoms with Gasteiger partial charge in [-0.1, -0.05) is 0 Å². The van der Waals surface area contributed by atoms with E-state index in [-0.39, 0.29) is 0 Å². The van der Waals surface area contributed by atoms with Crippen LogP contribution in [0.4, 0.5) is 0 Å². The quantitative estimate of drug-likeness (QED) is 0.427. The van der Waals surface area contributed by atoms with Gasteiger partial charge < -0.3 is 0 Å². The van der Waals surface area contributed by atoms with Crippen molar-refractivity contribution < 1.29 is 25.6 Å². The zero-order valence-electron chi connectivity index (χ0n) is 1.76. The SMILES string of the molecule is O=P.[O]=[V]. The van der Waals surface area contributed by atoms with Gasteiger partial charge in [0.1, 0.15) is 9.12 Å². The van der Waals surface area contributed by atoms with Crippen molar-refractivity contribution in [1.82, 2.24) is 0 Å². The van der Waals surface area contributed by atoms with Gasteiger partial charge >= 0.3 is 21.0 Å². The Bertz CT molecular complexity index is 8.00. The molecule has 0 amide bonds. The fraction of sp³-hybridized carbons (Fsp3) is 0. The van der Waals surface area contributed by atoms with Gasteiger partial charge in [-0.25, -0.2) is 0 Å². The van der Waals surface area contributed by atoms with Gasteiger partial charge in [0.25, 0.3) is 0 Å². The van der Waals surface area contributed by atoms with Crippen LogP contribution in [-0.2, 0) is 25.6 Å². The molecule has 0 aliphatic rings. The minimum absolute atomic E-state index is 1.06. The van der Waals surface area contributed by atoms with Crippen LogP contribution in [-0.4, -0.2) is 0 Å². The van der Waals surface area contributed by atoms with Gasteiger partial charge in [-0.15, -0.1) is 0 Å². The van der Waals surface area contributed by atoms with Gasteiger partial charge in [-0.3, -0.25) is 4.57 Å². The normalized spacial score (nSPS) is 1.75. The van der Waals surface area contributed by atoms with Crippen molar-refractivity contribution >= 4 is 9.12 Å². The Kier molecular flexibility index (Phi) is 202. The van der Waals surface area contributed by atoms with Crippen molar-refractivity contribution in [2.24, 2.45) is 0 Å². The summed E-state index contributed by atoms with van der Waals surface area (Å²) in [7, 11) is 1.72. The van der Waals surface area contributed by atoms with Gasteiger partial charge in [0.05, 0.1) is 0 Å². The second-order valence-electron chi connectivity index (χ2n) is 0. The topological polar surface area (TPSA) is 34.1 Å². The molecule has 4 heteroatoms. The van der Waals surface area contributed by atoms with Crippen LogP contribution in [0, 0.1) is 0 Å². The first-order valence-corrected chi connectivity index (χ1v) is 1.37. The molecule has 0 fully saturated rings. The Labute approximate surface area is 35.4 Å². The van der Waals surface area contributed by atoms with Crippen LogP contribution in [0.3, 0.4) is 0 Å². The first-order valence-electron chi connectivity index (χ1n) is 0.387. The van der Waals surface area contributed by atoms with Crippen LogP contribution >= 0.6 is 9.12 Å². The molecule has 2 nitrogen and oxygen atoms in total. The number of hydrogen-bond acceptors (Lipinski definition) is 2. The molecule has 0 aliphatic carbocycles. The van der Waals surface area contributed by atoms with Crippen molar-refractivity contribution in [3.8, 4) is 0 Å². The predicted octanol–water partition coefficient (Wildman–Crippen LogP) is 0.353. The first kappa shape index (κ1) is 8.82. The van der Waals surface area contributed by atoms with Crippen molar-refractivity contribution in [2.75, 3.05) is 0 Å². The van der Waals surface area contributed by atoms with Crippen LogP contribution in [0.15, 0.2) is 0 Å². The molecule has 0 spiro atoms. The van der Waals surface area contributed by atoms with E-state index in [4.69, 9.17) is 8.24 Å². The maximum absolute atomic E-state index is 8.19. The number of rotatable bonds is 0. The van der Waals surface area contributed by atoms with E-state index in [1.165, 1.54) is 0 Å². The summed E-state index contributed by atoms with van der Waals surface area (Å²) < 4.78 is 16.2. The molecule has 0 rings (SSSR count). The molecule has 0 aromatic carbocycles. The minimum atomic E-state index is 1.06. The van der Waals surface area contributed by atoms with E-state index in [0.29, 0.717) is 0 Å². The Hall–Kier alpha value is 0.484. The average molecular weight is 115 g/mol. The number of hydrogen-bond donors (Lipinski definition) is 0. The monoisotopic (exact) mass is 115 g/mol. The van der Waals surface area contributed by atoms with Crippen LogP contribution in [0.25, 0.3) is 0 Å². The van der Waals surface area contributed by atoms with Crippen molar-refractivity contribution in [3.63, 3.8) is 0 Å². The Morgan fingerprint density at radius 1 is 1.25 bits per heavy atom. The molecule has 0 unspecified atom stereocenters. The van der Waals surface area contributed by atoms with Crippen LogP contribution in [0.1, 0.15) is 0 Å². The fourth-order valence-electron chi connectivity index (χ4n) is 0. The Morgan fingerprint density at radius 2 is 1.25 bits per heavy atom. The molecule has 23 valence electrons. The van der Waals surface area contributed by atoms with Gasteiger partial charge in [0, 0.05) is 0 Å². The molecule has 0 atom stereocenters. The molecule has 4 heavy (non-hydrogen) atoms. The summed E-state index contributed by atoms with van der Waals surface area (Å²) in [6.07, 6.45) is 0. The van der Waals surface area contributed by atoms with Crippen molar-refractivity contribution in [1.29, 1.82) is 0 Å². The second-order valence-corrected chi connectivity index (χ2v) is 0. The van der Waals surface area contributed by atoms with Gasteiger partial charge in [-0.05, 0) is 0 Å². The third-order valence-electron chi connectivity index (χ3n) is 0. The van der Waals surface area contributed by atoms with E-state index in [2.05, 4.69) is 0 Å². The average Bonchev–Trinajstić information content (AvgIpc) is 1.50. The molecule has 0 saturated carbocycles. The Morgan fingerprint density at radius 3 is 1.25 bits per heavy atom. The summed E-state index contributed by atoms with van der Waals surface area (Å²) in [5.41, 5.74) is 0.